The minimum atomic E-state index is 0.0983. The van der Waals surface area contributed by atoms with Gasteiger partial charge in [0, 0.05) is 18.0 Å². The molecule has 100 valence electrons. The van der Waals surface area contributed by atoms with E-state index in [4.69, 9.17) is 4.74 Å². The Morgan fingerprint density at radius 1 is 1.21 bits per heavy atom. The molecule has 0 aliphatic carbocycles. The van der Waals surface area contributed by atoms with E-state index in [0.717, 1.165) is 11.4 Å². The predicted octanol–water partition coefficient (Wildman–Crippen LogP) is 2.58. The topological polar surface area (TPSA) is 59.9 Å². The van der Waals surface area contributed by atoms with Gasteiger partial charge in [-0.3, -0.25) is 4.98 Å². The predicted molar refractivity (Wildman–Crippen MR) is 74.1 cm³/mol. The number of anilines is 1. The lowest BCUT2D eigenvalue weighted by molar-refractivity contribution is 0.232. The van der Waals surface area contributed by atoms with Gasteiger partial charge >= 0.3 is 0 Å². The van der Waals surface area contributed by atoms with Crippen molar-refractivity contribution < 1.29 is 4.74 Å². The highest BCUT2D eigenvalue weighted by atomic mass is 16.5. The lowest BCUT2D eigenvalue weighted by atomic mass is 10.3. The molecule has 5 nitrogen and oxygen atoms in total. The van der Waals surface area contributed by atoms with Crippen LogP contribution in [-0.2, 0) is 6.54 Å². The molecule has 1 N–H and O–H groups in total. The fourth-order valence-electron chi connectivity index (χ4n) is 1.60. The summed E-state index contributed by atoms with van der Waals surface area (Å²) in [5, 5.41) is 3.14. The van der Waals surface area contributed by atoms with Crippen LogP contribution in [0, 0.1) is 6.92 Å². The third-order valence-electron chi connectivity index (χ3n) is 2.36. The van der Waals surface area contributed by atoms with E-state index >= 15 is 0 Å². The Balaban J connectivity index is 1.99. The first kappa shape index (κ1) is 13.3. The third-order valence-corrected chi connectivity index (χ3v) is 2.36. The number of ether oxygens (including phenoxy) is 1. The van der Waals surface area contributed by atoms with Gasteiger partial charge in [-0.05, 0) is 32.9 Å². The van der Waals surface area contributed by atoms with Crippen molar-refractivity contribution in [3.8, 4) is 5.88 Å². The molecular weight excluding hydrogens is 240 g/mol. The van der Waals surface area contributed by atoms with Crippen LogP contribution in [0.2, 0.25) is 0 Å². The van der Waals surface area contributed by atoms with Crippen molar-refractivity contribution in [3.05, 3.63) is 41.9 Å². The molecule has 0 saturated carbocycles. The highest BCUT2D eigenvalue weighted by Crippen LogP contribution is 2.11. The smallest absolute Gasteiger partial charge is 0.226 e. The van der Waals surface area contributed by atoms with E-state index in [1.165, 1.54) is 0 Å². The maximum absolute atomic E-state index is 5.52. The van der Waals surface area contributed by atoms with E-state index in [-0.39, 0.29) is 6.10 Å². The standard InChI is InChI=1S/C14H18N4O/c1-10(2)19-13-7-8-15-14(18-13)16-9-12-6-4-5-11(3)17-12/h4-8,10H,9H2,1-3H3,(H,15,16,18). The van der Waals surface area contributed by atoms with Crippen LogP contribution in [0.3, 0.4) is 0 Å². The van der Waals surface area contributed by atoms with Gasteiger partial charge in [-0.1, -0.05) is 6.07 Å². The zero-order chi connectivity index (χ0) is 13.7. The lowest BCUT2D eigenvalue weighted by Gasteiger charge is -2.10. The summed E-state index contributed by atoms with van der Waals surface area (Å²) in [4.78, 5) is 12.8. The average Bonchev–Trinajstić information content (AvgIpc) is 2.36. The number of aryl methyl sites for hydroxylation is 1. The summed E-state index contributed by atoms with van der Waals surface area (Å²) < 4.78 is 5.52. The molecule has 0 amide bonds. The van der Waals surface area contributed by atoms with Gasteiger partial charge in [0.25, 0.3) is 0 Å². The highest BCUT2D eigenvalue weighted by molar-refractivity contribution is 5.28. The number of hydrogen-bond acceptors (Lipinski definition) is 5. The summed E-state index contributed by atoms with van der Waals surface area (Å²) in [5.41, 5.74) is 1.95. The number of rotatable bonds is 5. The van der Waals surface area contributed by atoms with Crippen LogP contribution in [0.5, 0.6) is 5.88 Å². The van der Waals surface area contributed by atoms with Gasteiger partial charge in [-0.15, -0.1) is 0 Å². The molecule has 0 bridgehead atoms. The first-order chi connectivity index (χ1) is 9.13. The van der Waals surface area contributed by atoms with Gasteiger partial charge in [-0.2, -0.15) is 4.98 Å². The number of nitrogens with zero attached hydrogens (tertiary/aromatic N) is 3. The summed E-state index contributed by atoms with van der Waals surface area (Å²) in [6.45, 7) is 6.49. The number of pyridine rings is 1. The third kappa shape index (κ3) is 4.21. The summed E-state index contributed by atoms with van der Waals surface area (Å²) in [6.07, 6.45) is 1.78. The summed E-state index contributed by atoms with van der Waals surface area (Å²) in [7, 11) is 0. The molecule has 2 rings (SSSR count). The molecule has 0 aliphatic heterocycles. The normalized spacial score (nSPS) is 10.5. The maximum Gasteiger partial charge on any atom is 0.226 e. The molecule has 19 heavy (non-hydrogen) atoms. The first-order valence-corrected chi connectivity index (χ1v) is 6.29. The van der Waals surface area contributed by atoms with Gasteiger partial charge in [0.1, 0.15) is 0 Å². The number of hydrogen-bond donors (Lipinski definition) is 1. The van der Waals surface area contributed by atoms with E-state index in [2.05, 4.69) is 20.3 Å². The van der Waals surface area contributed by atoms with Gasteiger partial charge in [0.05, 0.1) is 18.3 Å². The molecule has 5 heteroatoms. The average molecular weight is 258 g/mol. The SMILES string of the molecule is Cc1cccc(CNc2nccc(OC(C)C)n2)n1. The Hall–Kier alpha value is -2.17. The second-order valence-electron chi connectivity index (χ2n) is 4.51. The maximum atomic E-state index is 5.52. The lowest BCUT2D eigenvalue weighted by Crippen LogP contribution is -2.09. The summed E-state index contributed by atoms with van der Waals surface area (Å²) in [5.74, 6) is 1.12. The fourth-order valence-corrected chi connectivity index (χ4v) is 1.60. The first-order valence-electron chi connectivity index (χ1n) is 6.29. The second kappa shape index (κ2) is 6.13. The Labute approximate surface area is 113 Å². The van der Waals surface area contributed by atoms with Gasteiger partial charge < -0.3 is 10.1 Å². The fraction of sp³-hybridized carbons (Fsp3) is 0.357. The van der Waals surface area contributed by atoms with Gasteiger partial charge in [0.2, 0.25) is 11.8 Å². The summed E-state index contributed by atoms with van der Waals surface area (Å²) >= 11 is 0. The molecule has 0 unspecified atom stereocenters. The molecule has 0 aliphatic rings. The molecule has 0 radical (unpaired) electrons. The van der Waals surface area contributed by atoms with Crippen LogP contribution in [0.1, 0.15) is 25.2 Å². The van der Waals surface area contributed by atoms with Crippen LogP contribution < -0.4 is 10.1 Å². The minimum absolute atomic E-state index is 0.0983. The highest BCUT2D eigenvalue weighted by Gasteiger charge is 2.02. The molecule has 0 saturated heterocycles. The Morgan fingerprint density at radius 2 is 2.05 bits per heavy atom. The Kier molecular flexibility index (Phi) is 4.28. The van der Waals surface area contributed by atoms with Crippen molar-refractivity contribution in [2.45, 2.75) is 33.4 Å². The molecule has 2 aromatic heterocycles. The van der Waals surface area contributed by atoms with Crippen molar-refractivity contribution in [1.82, 2.24) is 15.0 Å². The van der Waals surface area contributed by atoms with Crippen molar-refractivity contribution >= 4 is 5.95 Å². The molecular formula is C14H18N4O. The van der Waals surface area contributed by atoms with E-state index in [9.17, 15) is 0 Å². The molecule has 0 spiro atoms. The molecule has 2 aromatic rings. The molecule has 0 aromatic carbocycles. The van der Waals surface area contributed by atoms with E-state index < -0.39 is 0 Å². The van der Waals surface area contributed by atoms with E-state index in [1.807, 2.05) is 39.0 Å². The monoisotopic (exact) mass is 258 g/mol. The van der Waals surface area contributed by atoms with Crippen LogP contribution in [0.4, 0.5) is 5.95 Å². The largest absolute Gasteiger partial charge is 0.475 e. The zero-order valence-corrected chi connectivity index (χ0v) is 11.4. The molecule has 2 heterocycles. The van der Waals surface area contributed by atoms with Crippen molar-refractivity contribution in [2.75, 3.05) is 5.32 Å². The Morgan fingerprint density at radius 3 is 2.79 bits per heavy atom. The number of nitrogens with one attached hydrogen (secondary N) is 1. The van der Waals surface area contributed by atoms with E-state index in [1.54, 1.807) is 12.3 Å². The summed E-state index contributed by atoms with van der Waals surface area (Å²) in [6, 6.07) is 7.67. The van der Waals surface area contributed by atoms with Crippen molar-refractivity contribution in [3.63, 3.8) is 0 Å². The van der Waals surface area contributed by atoms with Crippen molar-refractivity contribution in [1.29, 1.82) is 0 Å². The molecule has 0 fully saturated rings. The Bertz CT molecular complexity index is 542. The number of aromatic nitrogens is 3. The van der Waals surface area contributed by atoms with Crippen LogP contribution in [0.25, 0.3) is 0 Å². The van der Waals surface area contributed by atoms with Gasteiger partial charge in [-0.25, -0.2) is 4.98 Å². The van der Waals surface area contributed by atoms with E-state index in [0.29, 0.717) is 18.4 Å². The molecule has 0 atom stereocenters. The van der Waals surface area contributed by atoms with Crippen LogP contribution in [-0.4, -0.2) is 21.1 Å². The minimum Gasteiger partial charge on any atom is -0.475 e. The zero-order valence-electron chi connectivity index (χ0n) is 11.4. The van der Waals surface area contributed by atoms with Crippen LogP contribution >= 0.6 is 0 Å². The van der Waals surface area contributed by atoms with Crippen molar-refractivity contribution in [2.24, 2.45) is 0 Å². The van der Waals surface area contributed by atoms with Gasteiger partial charge in [0.15, 0.2) is 0 Å². The second-order valence-corrected chi connectivity index (χ2v) is 4.51. The van der Waals surface area contributed by atoms with Crippen LogP contribution in [0.15, 0.2) is 30.5 Å². The quantitative estimate of drug-likeness (QED) is 0.893.